The van der Waals surface area contributed by atoms with Crippen molar-refractivity contribution in [2.45, 2.75) is 0 Å². The lowest BCUT2D eigenvalue weighted by molar-refractivity contribution is 0.112. The molecule has 59 heavy (non-hydrogen) atoms. The van der Waals surface area contributed by atoms with Crippen LogP contribution in [0.2, 0.25) is 0 Å². The van der Waals surface area contributed by atoms with Crippen molar-refractivity contribution in [3.05, 3.63) is 259 Å². The molecule has 9 aromatic rings. The van der Waals surface area contributed by atoms with Crippen molar-refractivity contribution in [2.75, 3.05) is 5.73 Å². The van der Waals surface area contributed by atoms with E-state index in [1.54, 1.807) is 12.1 Å². The second kappa shape index (κ2) is 24.4. The molecule has 4 nitrogen and oxygen atoms in total. The zero-order valence-corrected chi connectivity index (χ0v) is 32.7. The minimum Gasteiger partial charge on any atom is -0.399 e. The number of nitrogens with two attached hydrogens (primary N) is 1. The predicted molar refractivity (Wildman–Crippen MR) is 250 cm³/mol. The van der Waals surface area contributed by atoms with Crippen molar-refractivity contribution in [2.24, 2.45) is 4.99 Å². The second-order valence-corrected chi connectivity index (χ2v) is 12.8. The van der Waals surface area contributed by atoms with E-state index < -0.39 is 0 Å². The number of rotatable bonds is 5. The number of anilines is 1. The lowest BCUT2D eigenvalue weighted by Crippen LogP contribution is -1.91. The highest BCUT2D eigenvalue weighted by molar-refractivity contribution is 5.91. The van der Waals surface area contributed by atoms with Crippen LogP contribution in [0.4, 0.5) is 11.4 Å². The van der Waals surface area contributed by atoms with Crippen LogP contribution in [0, 0.1) is 12.3 Å². The number of carbonyl (C=O) groups excluding carboxylic acids is 1. The van der Waals surface area contributed by atoms with E-state index in [9.17, 15) is 4.79 Å². The minimum atomic E-state index is 0.729. The summed E-state index contributed by atoms with van der Waals surface area (Å²) in [7, 11) is 0. The molecule has 8 aromatic carbocycles. The molecule has 0 spiro atoms. The molecule has 0 amide bonds. The van der Waals surface area contributed by atoms with Crippen molar-refractivity contribution in [3.63, 3.8) is 0 Å². The molecule has 2 N–H and O–H groups in total. The van der Waals surface area contributed by atoms with Gasteiger partial charge in [-0.3, -0.25) is 9.79 Å². The van der Waals surface area contributed by atoms with Crippen molar-refractivity contribution < 1.29 is 4.79 Å². The molecule has 0 bridgehead atoms. The van der Waals surface area contributed by atoms with E-state index in [2.05, 4.69) is 83.7 Å². The highest BCUT2D eigenvalue weighted by atomic mass is 16.1. The topological polar surface area (TPSA) is 68.3 Å². The maximum Gasteiger partial charge on any atom is 0.150 e. The quantitative estimate of drug-likeness (QED) is 0.0821. The number of fused-ring (bicyclic) bond motifs is 1. The van der Waals surface area contributed by atoms with Gasteiger partial charge in [0, 0.05) is 39.5 Å². The van der Waals surface area contributed by atoms with Gasteiger partial charge >= 0.3 is 0 Å². The number of aldehydes is 1. The van der Waals surface area contributed by atoms with Crippen LogP contribution in [0.3, 0.4) is 0 Å². The van der Waals surface area contributed by atoms with Gasteiger partial charge in [0.25, 0.3) is 0 Å². The Kier molecular flexibility index (Phi) is 17.4. The number of aromatic nitrogens is 1. The number of hydrogen-bond donors (Lipinski definition) is 1. The summed E-state index contributed by atoms with van der Waals surface area (Å²) in [5, 5.41) is 1.17. The van der Waals surface area contributed by atoms with Gasteiger partial charge in [0.1, 0.15) is 6.29 Å². The van der Waals surface area contributed by atoms with E-state index in [0.29, 0.717) is 0 Å². The van der Waals surface area contributed by atoms with E-state index in [4.69, 9.17) is 17.1 Å². The summed E-state index contributed by atoms with van der Waals surface area (Å²) in [6.45, 7) is 0. The lowest BCUT2D eigenvalue weighted by atomic mass is 9.97. The first kappa shape index (κ1) is 42.0. The van der Waals surface area contributed by atoms with E-state index in [0.717, 1.165) is 51.1 Å². The molecule has 0 atom stereocenters. The monoisotopic (exact) mass is 763 g/mol. The molecular formula is C55H45N3O. The third kappa shape index (κ3) is 14.8. The standard InChI is InChI=1S/C21H15N.C13H11N.C8H6.C7H6O.C6H7N/c1-3-9-16(10-4-1)19-15-18-13-7-8-14-20(18)22-21(19)17-11-5-2-6-12-17;1-3-7-12(8-4-1)11-14-13-9-5-2-6-10-13;1-2-8-6-4-3-5-7-8;8-6-7-4-2-1-3-5-7;7-6-4-2-1-3-5-6/h1-15H;1-11H;1,3-7H;1-6H;1-5H,7H2. The third-order valence-electron chi connectivity index (χ3n) is 8.45. The number of nitrogens with zero attached hydrogens (tertiary/aromatic N) is 2. The van der Waals surface area contributed by atoms with Gasteiger partial charge in [-0.1, -0.05) is 200 Å². The van der Waals surface area contributed by atoms with Crippen LogP contribution in [0.1, 0.15) is 21.5 Å². The number of carbonyl (C=O) groups is 1. The predicted octanol–water partition coefficient (Wildman–Crippen LogP) is 13.4. The van der Waals surface area contributed by atoms with E-state index in [1.807, 2.05) is 164 Å². The molecule has 0 saturated carbocycles. The number of para-hydroxylation sites is 3. The Morgan fingerprint density at radius 3 is 1.41 bits per heavy atom. The molecule has 0 unspecified atom stereocenters. The van der Waals surface area contributed by atoms with Gasteiger partial charge in [0.2, 0.25) is 0 Å². The van der Waals surface area contributed by atoms with E-state index >= 15 is 0 Å². The number of hydrogen-bond acceptors (Lipinski definition) is 4. The fourth-order valence-electron chi connectivity index (χ4n) is 5.49. The van der Waals surface area contributed by atoms with Gasteiger partial charge in [-0.15, -0.1) is 6.42 Å². The Labute approximate surface area is 348 Å². The Morgan fingerprint density at radius 2 is 0.932 bits per heavy atom. The Morgan fingerprint density at radius 1 is 0.492 bits per heavy atom. The summed E-state index contributed by atoms with van der Waals surface area (Å²) in [6.07, 6.45) is 7.80. The summed E-state index contributed by atoms with van der Waals surface area (Å²) >= 11 is 0. The Hall–Kier alpha value is -8.13. The van der Waals surface area contributed by atoms with Crippen LogP contribution >= 0.6 is 0 Å². The largest absolute Gasteiger partial charge is 0.399 e. The van der Waals surface area contributed by atoms with Gasteiger partial charge in [-0.05, 0) is 59.7 Å². The molecule has 0 radical (unpaired) electrons. The average molecular weight is 764 g/mol. The number of aliphatic imine (C=N–C) groups is 1. The molecule has 0 aliphatic heterocycles. The number of terminal acetylenes is 1. The summed E-state index contributed by atoms with van der Waals surface area (Å²) < 4.78 is 0. The number of pyridine rings is 1. The molecule has 1 heterocycles. The molecule has 286 valence electrons. The van der Waals surface area contributed by atoms with Crippen LogP contribution in [0.15, 0.2) is 248 Å². The summed E-state index contributed by atoms with van der Waals surface area (Å²) in [5.74, 6) is 2.53. The average Bonchev–Trinajstić information content (AvgIpc) is 3.33. The summed E-state index contributed by atoms with van der Waals surface area (Å²) in [5.41, 5.74) is 15.5. The number of nitrogen functional groups attached to an aromatic ring is 1. The highest BCUT2D eigenvalue weighted by Crippen LogP contribution is 2.33. The molecule has 0 saturated heterocycles. The number of benzene rings is 8. The smallest absolute Gasteiger partial charge is 0.150 e. The molecule has 1 aromatic heterocycles. The van der Waals surface area contributed by atoms with E-state index in [-0.39, 0.29) is 0 Å². The Balaban J connectivity index is 0.000000153. The van der Waals surface area contributed by atoms with Crippen LogP contribution in [-0.2, 0) is 0 Å². The fraction of sp³-hybridized carbons (Fsp3) is 0. The molecule has 9 rings (SSSR count). The van der Waals surface area contributed by atoms with Gasteiger partial charge in [-0.25, -0.2) is 4.98 Å². The molecule has 0 aliphatic carbocycles. The summed E-state index contributed by atoms with van der Waals surface area (Å²) in [6, 6.07) is 79.5. The van der Waals surface area contributed by atoms with Gasteiger partial charge in [0.15, 0.2) is 0 Å². The third-order valence-corrected chi connectivity index (χ3v) is 8.45. The van der Waals surface area contributed by atoms with Crippen molar-refractivity contribution in [1.29, 1.82) is 0 Å². The van der Waals surface area contributed by atoms with Crippen molar-refractivity contribution in [3.8, 4) is 34.7 Å². The van der Waals surface area contributed by atoms with Crippen LogP contribution in [-0.4, -0.2) is 17.5 Å². The maximum atomic E-state index is 10.0. The first-order valence-corrected chi connectivity index (χ1v) is 19.1. The van der Waals surface area contributed by atoms with Crippen LogP contribution < -0.4 is 5.73 Å². The molecule has 0 fully saturated rings. The fourth-order valence-corrected chi connectivity index (χ4v) is 5.49. The van der Waals surface area contributed by atoms with Gasteiger partial charge < -0.3 is 5.73 Å². The van der Waals surface area contributed by atoms with E-state index in [1.165, 1.54) is 16.5 Å². The van der Waals surface area contributed by atoms with Gasteiger partial charge in [0.05, 0.1) is 16.9 Å². The minimum absolute atomic E-state index is 0.729. The molecule has 0 aliphatic rings. The van der Waals surface area contributed by atoms with Crippen molar-refractivity contribution in [1.82, 2.24) is 4.98 Å². The zero-order valence-electron chi connectivity index (χ0n) is 32.7. The van der Waals surface area contributed by atoms with Gasteiger partial charge in [-0.2, -0.15) is 0 Å². The summed E-state index contributed by atoms with van der Waals surface area (Å²) in [4.78, 5) is 19.3. The molecular weight excluding hydrogens is 719 g/mol. The first-order chi connectivity index (χ1) is 29.1. The molecule has 4 heteroatoms. The second-order valence-electron chi connectivity index (χ2n) is 12.8. The first-order valence-electron chi connectivity index (χ1n) is 19.1. The van der Waals surface area contributed by atoms with Crippen LogP contribution in [0.25, 0.3) is 33.3 Å². The van der Waals surface area contributed by atoms with Crippen LogP contribution in [0.5, 0.6) is 0 Å². The lowest BCUT2D eigenvalue weighted by Gasteiger charge is -2.11. The highest BCUT2D eigenvalue weighted by Gasteiger charge is 2.10. The SMILES string of the molecule is C#Cc1ccccc1.C(=Nc1ccccc1)c1ccccc1.Nc1ccccc1.O=Cc1ccccc1.c1ccc(-c2cc3ccccc3nc2-c2ccccc2)cc1. The van der Waals surface area contributed by atoms with Crippen molar-refractivity contribution >= 4 is 34.8 Å². The normalized spacial score (nSPS) is 9.75. The maximum absolute atomic E-state index is 10.0. The Bertz CT molecular complexity index is 2470. The zero-order chi connectivity index (χ0) is 41.2.